The summed E-state index contributed by atoms with van der Waals surface area (Å²) in [5.74, 6) is 0.694. The van der Waals surface area contributed by atoms with Crippen molar-refractivity contribution in [1.82, 2.24) is 14.7 Å². The average Bonchev–Trinajstić information content (AvgIpc) is 3.56. The van der Waals surface area contributed by atoms with Crippen LogP contribution in [0.5, 0.6) is 11.6 Å². The Morgan fingerprint density at radius 2 is 1.97 bits per heavy atom. The third-order valence-electron chi connectivity index (χ3n) is 5.64. The standard InChI is InChI=1S/C25H30FN3O2/c1-3-8-21(30)16-29(20-13-14-20)17-23-24(18-9-5-4-6-10-18)27-28(2)25(23)31-22-12-7-11-19(26)15-22/h4-7,9-12,15,20-21,30H,3,8,13-14,16-17H2,1-2H3. The fraction of sp³-hybridized carbons (Fsp3) is 0.400. The Morgan fingerprint density at radius 1 is 1.19 bits per heavy atom. The van der Waals surface area contributed by atoms with Gasteiger partial charge in [-0.1, -0.05) is 49.7 Å². The van der Waals surface area contributed by atoms with Crippen LogP contribution >= 0.6 is 0 Å². The molecule has 31 heavy (non-hydrogen) atoms. The molecule has 2 aromatic carbocycles. The molecule has 0 radical (unpaired) electrons. The van der Waals surface area contributed by atoms with Crippen molar-refractivity contribution in [3.63, 3.8) is 0 Å². The summed E-state index contributed by atoms with van der Waals surface area (Å²) in [5.41, 5.74) is 2.81. The highest BCUT2D eigenvalue weighted by Crippen LogP contribution is 2.37. The van der Waals surface area contributed by atoms with E-state index in [0.29, 0.717) is 30.8 Å². The second-order valence-corrected chi connectivity index (χ2v) is 8.28. The molecule has 4 rings (SSSR count). The monoisotopic (exact) mass is 423 g/mol. The lowest BCUT2D eigenvalue weighted by molar-refractivity contribution is 0.0963. The molecule has 1 fully saturated rings. The number of aliphatic hydroxyl groups excluding tert-OH is 1. The zero-order valence-electron chi connectivity index (χ0n) is 18.2. The summed E-state index contributed by atoms with van der Waals surface area (Å²) in [6.45, 7) is 3.33. The Kier molecular flexibility index (Phi) is 6.68. The first-order valence-corrected chi connectivity index (χ1v) is 11.0. The topological polar surface area (TPSA) is 50.5 Å². The van der Waals surface area contributed by atoms with Crippen LogP contribution < -0.4 is 4.74 Å². The van der Waals surface area contributed by atoms with Gasteiger partial charge in [-0.25, -0.2) is 9.07 Å². The van der Waals surface area contributed by atoms with E-state index in [1.54, 1.807) is 16.8 Å². The van der Waals surface area contributed by atoms with E-state index >= 15 is 0 Å². The van der Waals surface area contributed by atoms with Crippen LogP contribution in [0.25, 0.3) is 11.3 Å². The Labute approximate surface area is 183 Å². The van der Waals surface area contributed by atoms with Gasteiger partial charge in [0.05, 0.1) is 11.7 Å². The molecule has 6 heteroatoms. The molecule has 0 aliphatic heterocycles. The molecule has 0 amide bonds. The van der Waals surface area contributed by atoms with E-state index in [2.05, 4.69) is 11.8 Å². The molecular formula is C25H30FN3O2. The van der Waals surface area contributed by atoms with Crippen molar-refractivity contribution in [3.05, 3.63) is 66.0 Å². The number of aromatic nitrogens is 2. The van der Waals surface area contributed by atoms with E-state index in [0.717, 1.165) is 42.5 Å². The predicted molar refractivity (Wildman–Crippen MR) is 119 cm³/mol. The van der Waals surface area contributed by atoms with Gasteiger partial charge in [0.2, 0.25) is 5.88 Å². The van der Waals surface area contributed by atoms with Crippen LogP contribution in [0, 0.1) is 5.82 Å². The van der Waals surface area contributed by atoms with Gasteiger partial charge in [0.25, 0.3) is 0 Å². The minimum absolute atomic E-state index is 0.341. The summed E-state index contributed by atoms with van der Waals surface area (Å²) in [6, 6.07) is 16.7. The first-order valence-electron chi connectivity index (χ1n) is 11.0. The van der Waals surface area contributed by atoms with E-state index in [9.17, 15) is 9.50 Å². The fourth-order valence-corrected chi connectivity index (χ4v) is 3.97. The minimum Gasteiger partial charge on any atom is -0.439 e. The molecule has 1 heterocycles. The van der Waals surface area contributed by atoms with Gasteiger partial charge in [-0.3, -0.25) is 4.90 Å². The average molecular weight is 424 g/mol. The van der Waals surface area contributed by atoms with Crippen LogP contribution in [0.1, 0.15) is 38.2 Å². The van der Waals surface area contributed by atoms with Crippen molar-refractivity contribution in [3.8, 4) is 22.9 Å². The summed E-state index contributed by atoms with van der Waals surface area (Å²) in [6.07, 6.45) is 3.67. The first kappa shape index (κ1) is 21.5. The summed E-state index contributed by atoms with van der Waals surface area (Å²) in [7, 11) is 1.85. The Balaban J connectivity index is 1.70. The Bertz CT molecular complexity index is 1000. The molecule has 0 saturated heterocycles. The van der Waals surface area contributed by atoms with Crippen molar-refractivity contribution in [1.29, 1.82) is 0 Å². The molecule has 1 aliphatic carbocycles. The normalized spacial score (nSPS) is 14.7. The smallest absolute Gasteiger partial charge is 0.222 e. The van der Waals surface area contributed by atoms with Gasteiger partial charge in [0, 0.05) is 37.8 Å². The van der Waals surface area contributed by atoms with Gasteiger partial charge >= 0.3 is 0 Å². The number of ether oxygens (including phenoxy) is 1. The van der Waals surface area contributed by atoms with Crippen LogP contribution in [-0.2, 0) is 13.6 Å². The molecule has 1 aromatic heterocycles. The number of halogens is 1. The van der Waals surface area contributed by atoms with E-state index < -0.39 is 0 Å². The van der Waals surface area contributed by atoms with Gasteiger partial charge in [0.1, 0.15) is 17.3 Å². The lowest BCUT2D eigenvalue weighted by Crippen LogP contribution is -2.34. The van der Waals surface area contributed by atoms with Crippen molar-refractivity contribution < 1.29 is 14.2 Å². The van der Waals surface area contributed by atoms with Gasteiger partial charge < -0.3 is 9.84 Å². The molecule has 1 unspecified atom stereocenters. The van der Waals surface area contributed by atoms with Crippen LogP contribution in [-0.4, -0.2) is 38.5 Å². The number of rotatable bonds is 10. The quantitative estimate of drug-likeness (QED) is 0.490. The second kappa shape index (κ2) is 9.62. The Morgan fingerprint density at radius 3 is 2.65 bits per heavy atom. The number of benzene rings is 2. The van der Waals surface area contributed by atoms with Crippen LogP contribution in [0.4, 0.5) is 4.39 Å². The maximum atomic E-state index is 13.7. The molecule has 1 aliphatic rings. The number of aryl methyl sites for hydroxylation is 1. The molecule has 1 saturated carbocycles. The molecule has 0 spiro atoms. The highest BCUT2D eigenvalue weighted by molar-refractivity contribution is 5.65. The SMILES string of the molecule is CCCC(O)CN(Cc1c(-c2ccccc2)nn(C)c1Oc1cccc(F)c1)C1CC1. The number of aliphatic hydroxyl groups is 1. The van der Waals surface area contributed by atoms with Gasteiger partial charge in [-0.05, 0) is 31.4 Å². The van der Waals surface area contributed by atoms with E-state index in [-0.39, 0.29) is 11.9 Å². The first-order chi connectivity index (χ1) is 15.0. The Hall–Kier alpha value is -2.70. The zero-order chi connectivity index (χ0) is 21.8. The lowest BCUT2D eigenvalue weighted by atomic mass is 10.1. The van der Waals surface area contributed by atoms with Crippen LogP contribution in [0.15, 0.2) is 54.6 Å². The summed E-state index contributed by atoms with van der Waals surface area (Å²) in [5, 5.41) is 15.2. The van der Waals surface area contributed by atoms with Crippen molar-refractivity contribution in [2.45, 2.75) is 51.3 Å². The highest BCUT2D eigenvalue weighted by Gasteiger charge is 2.32. The number of nitrogens with zero attached hydrogens (tertiary/aromatic N) is 3. The van der Waals surface area contributed by atoms with Gasteiger partial charge in [0.15, 0.2) is 0 Å². The maximum absolute atomic E-state index is 13.7. The van der Waals surface area contributed by atoms with E-state index in [1.807, 2.05) is 37.4 Å². The lowest BCUT2D eigenvalue weighted by Gasteiger charge is -2.25. The molecule has 164 valence electrons. The zero-order valence-corrected chi connectivity index (χ0v) is 18.2. The van der Waals surface area contributed by atoms with Crippen LogP contribution in [0.2, 0.25) is 0 Å². The van der Waals surface area contributed by atoms with Crippen molar-refractivity contribution in [2.75, 3.05) is 6.54 Å². The largest absolute Gasteiger partial charge is 0.439 e. The van der Waals surface area contributed by atoms with E-state index in [1.165, 1.54) is 12.1 Å². The molecule has 5 nitrogen and oxygen atoms in total. The fourth-order valence-electron chi connectivity index (χ4n) is 3.97. The summed E-state index contributed by atoms with van der Waals surface area (Å²) >= 11 is 0. The molecular weight excluding hydrogens is 393 g/mol. The summed E-state index contributed by atoms with van der Waals surface area (Å²) < 4.78 is 21.6. The molecule has 0 bridgehead atoms. The molecule has 1 N–H and O–H groups in total. The minimum atomic E-state index is -0.352. The van der Waals surface area contributed by atoms with E-state index in [4.69, 9.17) is 9.84 Å². The molecule has 1 atom stereocenters. The predicted octanol–water partition coefficient (Wildman–Crippen LogP) is 5.14. The third kappa shape index (κ3) is 5.32. The van der Waals surface area contributed by atoms with Crippen molar-refractivity contribution in [2.24, 2.45) is 7.05 Å². The highest BCUT2D eigenvalue weighted by atomic mass is 19.1. The van der Waals surface area contributed by atoms with Gasteiger partial charge in [-0.2, -0.15) is 5.10 Å². The third-order valence-corrected chi connectivity index (χ3v) is 5.64. The van der Waals surface area contributed by atoms with Crippen LogP contribution in [0.3, 0.4) is 0 Å². The number of hydrogen-bond donors (Lipinski definition) is 1. The summed E-state index contributed by atoms with van der Waals surface area (Å²) in [4.78, 5) is 2.34. The van der Waals surface area contributed by atoms with Crippen molar-refractivity contribution >= 4 is 0 Å². The van der Waals surface area contributed by atoms with Gasteiger partial charge in [-0.15, -0.1) is 0 Å². The maximum Gasteiger partial charge on any atom is 0.222 e. The second-order valence-electron chi connectivity index (χ2n) is 8.28. The number of hydrogen-bond acceptors (Lipinski definition) is 4. The molecule has 3 aromatic rings.